The molecule has 2 bridgehead atoms. The van der Waals surface area contributed by atoms with Gasteiger partial charge in [0.1, 0.15) is 5.82 Å². The van der Waals surface area contributed by atoms with E-state index >= 15 is 0 Å². The molecule has 1 aromatic heterocycles. The fourth-order valence-electron chi connectivity index (χ4n) is 3.79. The first-order chi connectivity index (χ1) is 12.8. The van der Waals surface area contributed by atoms with Gasteiger partial charge in [-0.2, -0.15) is 0 Å². The van der Waals surface area contributed by atoms with Gasteiger partial charge in [-0.15, -0.1) is 0 Å². The number of carbonyl (C=O) groups is 1. The van der Waals surface area contributed by atoms with Crippen molar-refractivity contribution in [3.8, 4) is 11.3 Å². The van der Waals surface area contributed by atoms with Crippen LogP contribution in [0.1, 0.15) is 18.7 Å². The van der Waals surface area contributed by atoms with Gasteiger partial charge in [0.15, 0.2) is 0 Å². The third-order valence-corrected chi connectivity index (χ3v) is 5.23. The van der Waals surface area contributed by atoms with Crippen LogP contribution in [0.3, 0.4) is 0 Å². The number of hydrogen-bond donors (Lipinski definition) is 2. The molecule has 2 aromatic rings. The molecule has 0 spiro atoms. The van der Waals surface area contributed by atoms with Crippen molar-refractivity contribution in [3.05, 3.63) is 48.4 Å². The van der Waals surface area contributed by atoms with E-state index in [-0.39, 0.29) is 6.03 Å². The molecule has 0 aliphatic carbocycles. The van der Waals surface area contributed by atoms with Crippen molar-refractivity contribution in [3.63, 3.8) is 0 Å². The number of nitrogens with zero attached hydrogens (tertiary/aromatic N) is 3. The lowest BCUT2D eigenvalue weighted by atomic mass is 9.97. The number of amides is 2. The van der Waals surface area contributed by atoms with Gasteiger partial charge in [0.2, 0.25) is 0 Å². The lowest BCUT2D eigenvalue weighted by Gasteiger charge is -2.23. The Morgan fingerprint density at radius 3 is 2.88 bits per heavy atom. The standard InChI is InChI=1S/C20H25N5O/c26-20(25-13-15-6-7-17(14-25)23-12-15)22-11-9-19-21-10-8-18(24-19)16-4-2-1-3-5-16/h1-5,8,10,15,17,23H,6-7,9,11-14H2,(H,22,26)/t15-,17-/m0/s1. The van der Waals surface area contributed by atoms with E-state index < -0.39 is 0 Å². The number of nitrogens with one attached hydrogen (secondary N) is 2. The van der Waals surface area contributed by atoms with Crippen molar-refractivity contribution in [1.29, 1.82) is 0 Å². The highest BCUT2D eigenvalue weighted by atomic mass is 16.2. The smallest absolute Gasteiger partial charge is 0.317 e. The molecule has 6 nitrogen and oxygen atoms in total. The highest BCUT2D eigenvalue weighted by Gasteiger charge is 2.31. The molecular weight excluding hydrogens is 326 g/mol. The fraction of sp³-hybridized carbons (Fsp3) is 0.450. The molecule has 0 radical (unpaired) electrons. The number of piperidine rings is 1. The second-order valence-electron chi connectivity index (χ2n) is 7.16. The van der Waals surface area contributed by atoms with Crippen molar-refractivity contribution in [1.82, 2.24) is 25.5 Å². The lowest BCUT2D eigenvalue weighted by molar-refractivity contribution is 0.195. The first-order valence-electron chi connectivity index (χ1n) is 9.41. The van der Waals surface area contributed by atoms with Gasteiger partial charge in [0, 0.05) is 43.9 Å². The summed E-state index contributed by atoms with van der Waals surface area (Å²) in [6.07, 6.45) is 4.81. The summed E-state index contributed by atoms with van der Waals surface area (Å²) in [5, 5.41) is 6.56. The average Bonchev–Trinajstić information content (AvgIpc) is 3.03. The van der Waals surface area contributed by atoms with Crippen LogP contribution in [0, 0.1) is 5.92 Å². The maximum absolute atomic E-state index is 12.5. The van der Waals surface area contributed by atoms with Gasteiger partial charge in [-0.05, 0) is 31.4 Å². The van der Waals surface area contributed by atoms with Crippen molar-refractivity contribution < 1.29 is 4.79 Å². The van der Waals surface area contributed by atoms with E-state index in [1.54, 1.807) is 6.20 Å². The highest BCUT2D eigenvalue weighted by Crippen LogP contribution is 2.21. The molecule has 4 heterocycles. The second-order valence-corrected chi connectivity index (χ2v) is 7.16. The molecule has 0 unspecified atom stereocenters. The van der Waals surface area contributed by atoms with Gasteiger partial charge in [-0.1, -0.05) is 30.3 Å². The maximum atomic E-state index is 12.5. The summed E-state index contributed by atoms with van der Waals surface area (Å²) in [5.74, 6) is 1.34. The van der Waals surface area contributed by atoms with E-state index in [9.17, 15) is 4.79 Å². The van der Waals surface area contributed by atoms with E-state index in [1.165, 1.54) is 12.8 Å². The Balaban J connectivity index is 1.31. The van der Waals surface area contributed by atoms with Gasteiger partial charge in [-0.25, -0.2) is 14.8 Å². The predicted molar refractivity (Wildman–Crippen MR) is 101 cm³/mol. The molecule has 0 saturated carbocycles. The fourth-order valence-corrected chi connectivity index (χ4v) is 3.79. The topological polar surface area (TPSA) is 70.2 Å². The quantitative estimate of drug-likeness (QED) is 0.885. The number of carbonyl (C=O) groups excluding carboxylic acids is 1. The third-order valence-electron chi connectivity index (χ3n) is 5.23. The Kier molecular flexibility index (Phi) is 5.11. The summed E-state index contributed by atoms with van der Waals surface area (Å²) >= 11 is 0. The Labute approximate surface area is 154 Å². The van der Waals surface area contributed by atoms with E-state index in [1.807, 2.05) is 41.3 Å². The summed E-state index contributed by atoms with van der Waals surface area (Å²) < 4.78 is 0. The van der Waals surface area contributed by atoms with E-state index in [4.69, 9.17) is 0 Å². The largest absolute Gasteiger partial charge is 0.338 e. The molecule has 2 atom stereocenters. The monoisotopic (exact) mass is 351 g/mol. The number of benzene rings is 1. The van der Waals surface area contributed by atoms with Crippen LogP contribution < -0.4 is 10.6 Å². The molecule has 2 N–H and O–H groups in total. The lowest BCUT2D eigenvalue weighted by Crippen LogP contribution is -2.45. The summed E-state index contributed by atoms with van der Waals surface area (Å²) in [4.78, 5) is 23.4. The van der Waals surface area contributed by atoms with Crippen molar-refractivity contribution in [2.75, 3.05) is 26.2 Å². The predicted octanol–water partition coefficient (Wildman–Crippen LogP) is 2.08. The summed E-state index contributed by atoms with van der Waals surface area (Å²) in [6.45, 7) is 3.25. The summed E-state index contributed by atoms with van der Waals surface area (Å²) in [5.41, 5.74) is 1.99. The van der Waals surface area contributed by atoms with Crippen LogP contribution in [0.2, 0.25) is 0 Å². The molecule has 3 aliphatic heterocycles. The highest BCUT2D eigenvalue weighted by molar-refractivity contribution is 5.74. The molecular formula is C20H25N5O. The minimum Gasteiger partial charge on any atom is -0.338 e. The van der Waals surface area contributed by atoms with Gasteiger partial charge in [0.05, 0.1) is 5.69 Å². The number of hydrogen-bond acceptors (Lipinski definition) is 4. The molecule has 6 heteroatoms. The van der Waals surface area contributed by atoms with Crippen LogP contribution in [-0.4, -0.2) is 53.1 Å². The van der Waals surface area contributed by atoms with Crippen LogP contribution >= 0.6 is 0 Å². The van der Waals surface area contributed by atoms with Gasteiger partial charge >= 0.3 is 6.03 Å². The number of urea groups is 1. The Bertz CT molecular complexity index is 729. The Hall–Kier alpha value is -2.47. The van der Waals surface area contributed by atoms with Crippen molar-refractivity contribution in [2.45, 2.75) is 25.3 Å². The molecule has 3 aliphatic rings. The zero-order valence-electron chi connectivity index (χ0n) is 14.9. The van der Waals surface area contributed by atoms with E-state index in [2.05, 4.69) is 20.6 Å². The normalized spacial score (nSPS) is 22.1. The second kappa shape index (κ2) is 7.83. The first kappa shape index (κ1) is 17.0. The minimum atomic E-state index is 0.0322. The molecule has 26 heavy (non-hydrogen) atoms. The van der Waals surface area contributed by atoms with Gasteiger partial charge in [0.25, 0.3) is 0 Å². The van der Waals surface area contributed by atoms with Crippen LogP contribution in [0.4, 0.5) is 4.79 Å². The van der Waals surface area contributed by atoms with E-state index in [0.717, 1.165) is 36.7 Å². The van der Waals surface area contributed by atoms with Crippen LogP contribution in [-0.2, 0) is 6.42 Å². The molecule has 136 valence electrons. The summed E-state index contributed by atoms with van der Waals surface area (Å²) in [7, 11) is 0. The minimum absolute atomic E-state index is 0.0322. The van der Waals surface area contributed by atoms with Gasteiger partial charge < -0.3 is 15.5 Å². The van der Waals surface area contributed by atoms with Crippen molar-refractivity contribution in [2.24, 2.45) is 5.92 Å². The third kappa shape index (κ3) is 4.02. The maximum Gasteiger partial charge on any atom is 0.317 e. The molecule has 1 aromatic carbocycles. The Morgan fingerprint density at radius 1 is 1.19 bits per heavy atom. The van der Waals surface area contributed by atoms with Crippen LogP contribution in [0.15, 0.2) is 42.6 Å². The molecule has 5 rings (SSSR count). The number of rotatable bonds is 4. The van der Waals surface area contributed by atoms with E-state index in [0.29, 0.717) is 24.9 Å². The van der Waals surface area contributed by atoms with Crippen LogP contribution in [0.25, 0.3) is 11.3 Å². The zero-order chi connectivity index (χ0) is 17.8. The van der Waals surface area contributed by atoms with Crippen molar-refractivity contribution >= 4 is 6.03 Å². The zero-order valence-corrected chi connectivity index (χ0v) is 14.9. The molecule has 3 saturated heterocycles. The average molecular weight is 351 g/mol. The molecule has 2 amide bonds. The first-order valence-corrected chi connectivity index (χ1v) is 9.41. The number of aromatic nitrogens is 2. The Morgan fingerprint density at radius 2 is 2.08 bits per heavy atom. The van der Waals surface area contributed by atoms with Gasteiger partial charge in [-0.3, -0.25) is 0 Å². The molecule has 3 fully saturated rings. The summed E-state index contributed by atoms with van der Waals surface area (Å²) in [6, 6.07) is 12.5. The SMILES string of the molecule is O=C(NCCc1nccc(-c2ccccc2)n1)N1C[C@H]2CC[C@@H](C1)NC2. The number of fused-ring (bicyclic) bond motifs is 4. The van der Waals surface area contributed by atoms with Crippen LogP contribution in [0.5, 0.6) is 0 Å².